The zero-order valence-electron chi connectivity index (χ0n) is 17.4. The zero-order valence-corrected chi connectivity index (χ0v) is 17.4. The number of carbonyl (C=O) groups is 1. The molecule has 1 aliphatic rings. The molecule has 2 N–H and O–H groups in total. The van der Waals surface area contributed by atoms with Crippen molar-refractivity contribution in [2.75, 3.05) is 13.6 Å². The Hall–Kier alpha value is -3.72. The molecule has 31 heavy (non-hydrogen) atoms. The standard InChI is InChI=1S/C22H23N7O2/c1-23-20(30)17-11-19(26-27(17)2)28-21-15(10-14-6-4-3-5-7-14)12-25-29(21)18-13-24-9-8-16(18)22(28)31/h3-7,11-12,24H,8-10,13H2,1-2H3,(H,23,30). The van der Waals surface area contributed by atoms with Gasteiger partial charge in [0.25, 0.3) is 11.5 Å². The van der Waals surface area contributed by atoms with Crippen LogP contribution in [-0.4, -0.2) is 43.5 Å². The fourth-order valence-corrected chi connectivity index (χ4v) is 4.20. The van der Waals surface area contributed by atoms with Gasteiger partial charge in [-0.05, 0) is 18.5 Å². The molecule has 1 amide bonds. The summed E-state index contributed by atoms with van der Waals surface area (Å²) in [5.74, 6) is 0.151. The molecule has 1 aliphatic heterocycles. The molecular formula is C22H23N7O2. The quantitative estimate of drug-likeness (QED) is 0.512. The highest BCUT2D eigenvalue weighted by molar-refractivity contribution is 5.92. The monoisotopic (exact) mass is 417 g/mol. The molecule has 0 radical (unpaired) electrons. The van der Waals surface area contributed by atoms with E-state index >= 15 is 0 Å². The van der Waals surface area contributed by atoms with Crippen LogP contribution in [0, 0.1) is 0 Å². The fourth-order valence-electron chi connectivity index (χ4n) is 4.20. The van der Waals surface area contributed by atoms with Gasteiger partial charge in [0.2, 0.25) is 0 Å². The molecular weight excluding hydrogens is 394 g/mol. The third kappa shape index (κ3) is 3.14. The van der Waals surface area contributed by atoms with E-state index in [9.17, 15) is 9.59 Å². The highest BCUT2D eigenvalue weighted by Gasteiger charge is 2.25. The number of nitrogens with one attached hydrogen (secondary N) is 2. The van der Waals surface area contributed by atoms with Crippen LogP contribution in [0.4, 0.5) is 0 Å². The van der Waals surface area contributed by atoms with E-state index in [1.165, 1.54) is 4.68 Å². The number of fused-ring (bicyclic) bond motifs is 3. The SMILES string of the molecule is CNC(=O)c1cc(-n2c(=O)c3c(n4ncc(Cc5ccccc5)c24)CNCC3)nn1C. The van der Waals surface area contributed by atoms with Gasteiger partial charge in [-0.25, -0.2) is 9.08 Å². The first-order chi connectivity index (χ1) is 15.1. The van der Waals surface area contributed by atoms with Gasteiger partial charge in [-0.2, -0.15) is 10.2 Å². The number of aryl methyl sites for hydroxylation is 1. The van der Waals surface area contributed by atoms with Crippen molar-refractivity contribution < 1.29 is 4.79 Å². The molecule has 0 atom stereocenters. The van der Waals surface area contributed by atoms with E-state index in [0.29, 0.717) is 36.5 Å². The van der Waals surface area contributed by atoms with Crippen molar-refractivity contribution >= 4 is 11.6 Å². The fraction of sp³-hybridized carbons (Fsp3) is 0.273. The lowest BCUT2D eigenvalue weighted by Gasteiger charge is -2.20. The Morgan fingerprint density at radius 1 is 1.26 bits per heavy atom. The Balaban J connectivity index is 1.78. The Morgan fingerprint density at radius 2 is 2.06 bits per heavy atom. The van der Waals surface area contributed by atoms with Gasteiger partial charge in [0.15, 0.2) is 5.82 Å². The molecule has 158 valence electrons. The average molecular weight is 417 g/mol. The number of hydrogen-bond acceptors (Lipinski definition) is 5. The molecule has 0 aliphatic carbocycles. The second-order valence-electron chi connectivity index (χ2n) is 7.65. The normalized spacial score (nSPS) is 13.4. The molecule has 4 heterocycles. The summed E-state index contributed by atoms with van der Waals surface area (Å²) in [6.45, 7) is 1.32. The Bertz CT molecular complexity index is 1350. The first kappa shape index (κ1) is 19.3. The average Bonchev–Trinajstić information content (AvgIpc) is 3.38. The molecule has 0 fully saturated rings. The lowest BCUT2D eigenvalue weighted by Crippen LogP contribution is -2.36. The van der Waals surface area contributed by atoms with Crippen molar-refractivity contribution in [1.82, 2.24) is 34.6 Å². The highest BCUT2D eigenvalue weighted by atomic mass is 16.2. The lowest BCUT2D eigenvalue weighted by molar-refractivity contribution is 0.0954. The van der Waals surface area contributed by atoms with Crippen molar-refractivity contribution in [3.05, 3.63) is 81.0 Å². The van der Waals surface area contributed by atoms with E-state index in [-0.39, 0.29) is 11.5 Å². The molecule has 9 heteroatoms. The minimum atomic E-state index is -0.259. The van der Waals surface area contributed by atoms with Gasteiger partial charge < -0.3 is 10.6 Å². The van der Waals surface area contributed by atoms with Gasteiger partial charge in [0.1, 0.15) is 11.3 Å². The highest BCUT2D eigenvalue weighted by Crippen LogP contribution is 2.22. The predicted octanol–water partition coefficient (Wildman–Crippen LogP) is 0.815. The van der Waals surface area contributed by atoms with Crippen molar-refractivity contribution in [3.8, 4) is 5.82 Å². The van der Waals surface area contributed by atoms with Crippen molar-refractivity contribution in [1.29, 1.82) is 0 Å². The summed E-state index contributed by atoms with van der Waals surface area (Å²) >= 11 is 0. The molecule has 5 rings (SSSR count). The summed E-state index contributed by atoms with van der Waals surface area (Å²) in [5.41, 5.74) is 4.60. The van der Waals surface area contributed by atoms with E-state index in [4.69, 9.17) is 0 Å². The maximum absolute atomic E-state index is 13.6. The van der Waals surface area contributed by atoms with Crippen LogP contribution in [-0.2, 0) is 26.4 Å². The van der Waals surface area contributed by atoms with Crippen molar-refractivity contribution in [3.63, 3.8) is 0 Å². The molecule has 0 bridgehead atoms. The van der Waals surface area contributed by atoms with Gasteiger partial charge in [-0.15, -0.1) is 0 Å². The summed E-state index contributed by atoms with van der Waals surface area (Å²) in [6.07, 6.45) is 3.06. The van der Waals surface area contributed by atoms with E-state index in [1.54, 1.807) is 24.7 Å². The van der Waals surface area contributed by atoms with Crippen LogP contribution in [0.1, 0.15) is 32.9 Å². The molecule has 0 spiro atoms. The largest absolute Gasteiger partial charge is 0.354 e. The van der Waals surface area contributed by atoms with Crippen LogP contribution in [0.5, 0.6) is 0 Å². The molecule has 0 unspecified atom stereocenters. The van der Waals surface area contributed by atoms with Gasteiger partial charge >= 0.3 is 0 Å². The van der Waals surface area contributed by atoms with E-state index in [0.717, 1.165) is 28.9 Å². The first-order valence-corrected chi connectivity index (χ1v) is 10.2. The van der Waals surface area contributed by atoms with E-state index in [2.05, 4.69) is 33.0 Å². The summed E-state index contributed by atoms with van der Waals surface area (Å²) in [4.78, 5) is 25.9. The second-order valence-corrected chi connectivity index (χ2v) is 7.65. The molecule has 1 aromatic carbocycles. The van der Waals surface area contributed by atoms with E-state index < -0.39 is 0 Å². The van der Waals surface area contributed by atoms with Gasteiger partial charge in [-0.3, -0.25) is 14.3 Å². The van der Waals surface area contributed by atoms with Gasteiger partial charge in [-0.1, -0.05) is 30.3 Å². The maximum Gasteiger partial charge on any atom is 0.269 e. The topological polar surface area (TPSA) is 98.2 Å². The summed E-state index contributed by atoms with van der Waals surface area (Å²) in [5, 5.41) is 15.1. The third-order valence-electron chi connectivity index (χ3n) is 5.73. The number of benzene rings is 1. The van der Waals surface area contributed by atoms with Crippen LogP contribution < -0.4 is 16.2 Å². The first-order valence-electron chi connectivity index (χ1n) is 10.2. The molecule has 3 aromatic heterocycles. The van der Waals surface area contributed by atoms with Crippen LogP contribution >= 0.6 is 0 Å². The third-order valence-corrected chi connectivity index (χ3v) is 5.73. The number of nitrogens with zero attached hydrogens (tertiary/aromatic N) is 5. The van der Waals surface area contributed by atoms with E-state index in [1.807, 2.05) is 28.9 Å². The number of rotatable bonds is 4. The second kappa shape index (κ2) is 7.51. The van der Waals surface area contributed by atoms with Crippen LogP contribution in [0.25, 0.3) is 11.5 Å². The van der Waals surface area contributed by atoms with Crippen molar-refractivity contribution in [2.24, 2.45) is 7.05 Å². The summed E-state index contributed by atoms with van der Waals surface area (Å²) < 4.78 is 4.93. The summed E-state index contributed by atoms with van der Waals surface area (Å²) in [7, 11) is 3.26. The molecule has 0 saturated heterocycles. The Kier molecular flexibility index (Phi) is 4.67. The van der Waals surface area contributed by atoms with Gasteiger partial charge in [0.05, 0.1) is 11.9 Å². The predicted molar refractivity (Wildman–Crippen MR) is 116 cm³/mol. The molecule has 4 aromatic rings. The number of carbonyl (C=O) groups excluding carboxylic acids is 1. The maximum atomic E-state index is 13.6. The zero-order chi connectivity index (χ0) is 21.5. The van der Waals surface area contributed by atoms with Crippen LogP contribution in [0.2, 0.25) is 0 Å². The Labute approximate surface area is 178 Å². The smallest absolute Gasteiger partial charge is 0.269 e. The lowest BCUT2D eigenvalue weighted by atomic mass is 10.1. The summed E-state index contributed by atoms with van der Waals surface area (Å²) in [6, 6.07) is 11.7. The van der Waals surface area contributed by atoms with Crippen molar-refractivity contribution in [2.45, 2.75) is 19.4 Å². The van der Waals surface area contributed by atoms with Crippen LogP contribution in [0.3, 0.4) is 0 Å². The van der Waals surface area contributed by atoms with Crippen LogP contribution in [0.15, 0.2) is 47.4 Å². The Morgan fingerprint density at radius 3 is 2.84 bits per heavy atom. The molecule has 9 nitrogen and oxygen atoms in total. The molecule has 0 saturated carbocycles. The number of aromatic nitrogens is 5. The minimum absolute atomic E-state index is 0.111. The van der Waals surface area contributed by atoms with Gasteiger partial charge in [0, 0.05) is 44.3 Å². The number of hydrogen-bond donors (Lipinski definition) is 2. The number of amides is 1. The minimum Gasteiger partial charge on any atom is -0.354 e.